The van der Waals surface area contributed by atoms with Crippen LogP contribution in [0.25, 0.3) is 54.7 Å². The predicted molar refractivity (Wildman–Crippen MR) is 129 cm³/mol. The van der Waals surface area contributed by atoms with E-state index in [0.717, 1.165) is 5.69 Å². The Morgan fingerprint density at radius 2 is 1.29 bits per heavy atom. The van der Waals surface area contributed by atoms with E-state index in [0.29, 0.717) is 0 Å². The van der Waals surface area contributed by atoms with E-state index in [4.69, 9.17) is 4.98 Å². The van der Waals surface area contributed by atoms with Crippen LogP contribution in [-0.2, 0) is 0 Å². The van der Waals surface area contributed by atoms with Gasteiger partial charge in [-0.05, 0) is 51.4 Å². The molecule has 0 fully saturated rings. The summed E-state index contributed by atoms with van der Waals surface area (Å²) in [6.45, 7) is 0. The summed E-state index contributed by atoms with van der Waals surface area (Å²) >= 11 is 0. The van der Waals surface area contributed by atoms with E-state index >= 15 is 0 Å². The molecule has 31 heavy (non-hydrogen) atoms. The highest BCUT2D eigenvalue weighted by Gasteiger charge is 2.34. The molecule has 0 amide bonds. The number of pyridine rings is 1. The minimum absolute atomic E-state index is 1.08. The van der Waals surface area contributed by atoms with Crippen LogP contribution in [0.3, 0.4) is 0 Å². The van der Waals surface area contributed by atoms with Gasteiger partial charge in [-0.1, -0.05) is 66.7 Å². The van der Waals surface area contributed by atoms with Crippen LogP contribution in [0.1, 0.15) is 0 Å². The highest BCUT2D eigenvalue weighted by Crippen LogP contribution is 2.58. The summed E-state index contributed by atoms with van der Waals surface area (Å²) in [5, 5.41) is 7.58. The van der Waals surface area contributed by atoms with Crippen LogP contribution in [0.15, 0.2) is 97.2 Å². The molecule has 6 aromatic rings. The maximum atomic E-state index is 4.90. The van der Waals surface area contributed by atoms with Gasteiger partial charge in [0, 0.05) is 28.1 Å². The number of hydrogen-bond acceptors (Lipinski definition) is 2. The fraction of sp³-hybridized carbons (Fsp3) is 0. The third-order valence-corrected chi connectivity index (χ3v) is 6.90. The van der Waals surface area contributed by atoms with Crippen molar-refractivity contribution in [3.8, 4) is 22.4 Å². The molecule has 5 aromatic carbocycles. The SMILES string of the molecule is c1ccc2cc3c(cc2c1)-c1nccc2ccc4c(c12)N3c1cccc2cccc-4c12. The van der Waals surface area contributed by atoms with E-state index in [-0.39, 0.29) is 0 Å². The Balaban J connectivity index is 1.66. The first-order valence-electron chi connectivity index (χ1n) is 10.7. The monoisotopic (exact) mass is 392 g/mol. The van der Waals surface area contributed by atoms with E-state index in [1.165, 1.54) is 66.1 Å². The van der Waals surface area contributed by atoms with Crippen LogP contribution in [0.4, 0.5) is 17.1 Å². The Morgan fingerprint density at radius 3 is 2.19 bits per heavy atom. The summed E-state index contributed by atoms with van der Waals surface area (Å²) in [7, 11) is 0. The summed E-state index contributed by atoms with van der Waals surface area (Å²) in [5.41, 5.74) is 8.59. The zero-order chi connectivity index (χ0) is 20.1. The predicted octanol–water partition coefficient (Wildman–Crippen LogP) is 7.97. The molecule has 8 rings (SSSR count). The lowest BCUT2D eigenvalue weighted by Crippen LogP contribution is -2.19. The molecule has 2 heteroatoms. The maximum Gasteiger partial charge on any atom is 0.0822 e. The van der Waals surface area contributed by atoms with E-state index in [1.807, 2.05) is 6.20 Å². The lowest BCUT2D eigenvalue weighted by atomic mass is 9.84. The lowest BCUT2D eigenvalue weighted by molar-refractivity contribution is 1.26. The third kappa shape index (κ3) is 1.82. The molecular weight excluding hydrogens is 376 g/mol. The number of benzene rings is 5. The van der Waals surface area contributed by atoms with Crippen LogP contribution in [0.2, 0.25) is 0 Å². The normalized spacial score (nSPS) is 13.1. The van der Waals surface area contributed by atoms with E-state index < -0.39 is 0 Å². The molecule has 0 spiro atoms. The summed E-state index contributed by atoms with van der Waals surface area (Å²) in [6, 6.07) is 33.2. The number of fused-ring (bicyclic) bond motifs is 6. The van der Waals surface area contributed by atoms with Gasteiger partial charge in [0.25, 0.3) is 0 Å². The zero-order valence-corrected chi connectivity index (χ0v) is 16.6. The second-order valence-electron chi connectivity index (χ2n) is 8.45. The first-order valence-corrected chi connectivity index (χ1v) is 10.7. The van der Waals surface area contributed by atoms with Gasteiger partial charge in [-0.2, -0.15) is 0 Å². The lowest BCUT2D eigenvalue weighted by Gasteiger charge is -2.38. The van der Waals surface area contributed by atoms with Gasteiger partial charge in [0.1, 0.15) is 0 Å². The topological polar surface area (TPSA) is 16.1 Å². The maximum absolute atomic E-state index is 4.90. The smallest absolute Gasteiger partial charge is 0.0822 e. The molecule has 0 N–H and O–H groups in total. The minimum Gasteiger partial charge on any atom is -0.308 e. The van der Waals surface area contributed by atoms with Gasteiger partial charge >= 0.3 is 0 Å². The number of anilines is 3. The van der Waals surface area contributed by atoms with Gasteiger partial charge in [0.15, 0.2) is 0 Å². The standard InChI is InChI=1S/C29H16N2/c1-2-6-20-16-25-23(15-19(20)5-1)28-27-18(13-14-30-28)11-12-22-21-9-3-7-17-8-4-10-24(26(17)21)31(25)29(22)27/h1-16H. The Bertz CT molecular complexity index is 1740. The van der Waals surface area contributed by atoms with Crippen molar-refractivity contribution < 1.29 is 0 Å². The second-order valence-corrected chi connectivity index (χ2v) is 8.45. The third-order valence-electron chi connectivity index (χ3n) is 6.90. The summed E-state index contributed by atoms with van der Waals surface area (Å²) in [5.74, 6) is 0. The van der Waals surface area contributed by atoms with Crippen molar-refractivity contribution in [2.75, 3.05) is 4.90 Å². The average Bonchev–Trinajstić information content (AvgIpc) is 2.83. The molecule has 0 aliphatic carbocycles. The molecule has 0 bridgehead atoms. The van der Waals surface area contributed by atoms with Crippen molar-refractivity contribution in [1.29, 1.82) is 0 Å². The van der Waals surface area contributed by atoms with Gasteiger partial charge in [0.05, 0.1) is 22.8 Å². The fourth-order valence-electron chi connectivity index (χ4n) is 5.61. The van der Waals surface area contributed by atoms with Crippen molar-refractivity contribution >= 4 is 49.4 Å². The Kier molecular flexibility index (Phi) is 2.67. The van der Waals surface area contributed by atoms with Crippen LogP contribution >= 0.6 is 0 Å². The van der Waals surface area contributed by atoms with Gasteiger partial charge in [-0.15, -0.1) is 0 Å². The number of rotatable bonds is 0. The van der Waals surface area contributed by atoms with Crippen LogP contribution in [0.5, 0.6) is 0 Å². The molecule has 0 saturated carbocycles. The quantitative estimate of drug-likeness (QED) is 0.260. The van der Waals surface area contributed by atoms with E-state index in [1.54, 1.807) is 0 Å². The zero-order valence-electron chi connectivity index (χ0n) is 16.6. The van der Waals surface area contributed by atoms with Gasteiger partial charge < -0.3 is 4.90 Å². The Hall–Kier alpha value is -4.17. The molecule has 0 unspecified atom stereocenters. The van der Waals surface area contributed by atoms with Crippen molar-refractivity contribution in [1.82, 2.24) is 4.98 Å². The molecule has 2 aliphatic heterocycles. The van der Waals surface area contributed by atoms with Gasteiger partial charge in [-0.25, -0.2) is 0 Å². The first kappa shape index (κ1) is 15.6. The molecular formula is C29H16N2. The molecule has 0 atom stereocenters. The summed E-state index contributed by atoms with van der Waals surface area (Å²) in [4.78, 5) is 7.37. The van der Waals surface area contributed by atoms with Crippen molar-refractivity contribution in [2.45, 2.75) is 0 Å². The van der Waals surface area contributed by atoms with E-state index in [2.05, 4.69) is 95.9 Å². The van der Waals surface area contributed by atoms with Crippen LogP contribution < -0.4 is 4.90 Å². The fourth-order valence-corrected chi connectivity index (χ4v) is 5.61. The molecule has 2 aliphatic rings. The van der Waals surface area contributed by atoms with Crippen molar-refractivity contribution in [3.63, 3.8) is 0 Å². The highest BCUT2D eigenvalue weighted by molar-refractivity contribution is 6.24. The van der Waals surface area contributed by atoms with Gasteiger partial charge in [-0.3, -0.25) is 4.98 Å². The molecule has 1 aromatic heterocycles. The molecule has 2 nitrogen and oxygen atoms in total. The first-order chi connectivity index (χ1) is 15.4. The molecule has 142 valence electrons. The second kappa shape index (κ2) is 5.30. The molecule has 0 saturated heterocycles. The number of hydrogen-bond donors (Lipinski definition) is 0. The minimum atomic E-state index is 1.08. The number of nitrogens with zero attached hydrogens (tertiary/aromatic N) is 2. The van der Waals surface area contributed by atoms with Crippen molar-refractivity contribution in [2.24, 2.45) is 0 Å². The summed E-state index contributed by atoms with van der Waals surface area (Å²) < 4.78 is 0. The van der Waals surface area contributed by atoms with Gasteiger partial charge in [0.2, 0.25) is 0 Å². The Morgan fingerprint density at radius 1 is 0.516 bits per heavy atom. The summed E-state index contributed by atoms with van der Waals surface area (Å²) in [6.07, 6.45) is 1.94. The Labute approximate surface area is 179 Å². The van der Waals surface area contributed by atoms with E-state index in [9.17, 15) is 0 Å². The van der Waals surface area contributed by atoms with Crippen molar-refractivity contribution in [3.05, 3.63) is 97.2 Å². The molecule has 0 radical (unpaired) electrons. The largest absolute Gasteiger partial charge is 0.308 e. The number of aromatic nitrogens is 1. The molecule has 3 heterocycles. The van der Waals surface area contributed by atoms with Crippen LogP contribution in [-0.4, -0.2) is 4.98 Å². The average molecular weight is 392 g/mol. The van der Waals surface area contributed by atoms with Crippen LogP contribution in [0, 0.1) is 0 Å². The highest BCUT2D eigenvalue weighted by atomic mass is 15.2.